The molecule has 1 aromatic heterocycles. The van der Waals surface area contributed by atoms with Gasteiger partial charge in [0.2, 0.25) is 11.4 Å². The Bertz CT molecular complexity index is 1150. The molecule has 1 heterocycles. The zero-order chi connectivity index (χ0) is 26.4. The van der Waals surface area contributed by atoms with Gasteiger partial charge in [-0.15, -0.1) is 0 Å². The summed E-state index contributed by atoms with van der Waals surface area (Å²) < 4.78 is 33.2. The molecule has 0 aliphatic heterocycles. The van der Waals surface area contributed by atoms with Crippen LogP contribution in [0.15, 0.2) is 12.1 Å². The third-order valence-electron chi connectivity index (χ3n) is 4.83. The van der Waals surface area contributed by atoms with Gasteiger partial charge in [0, 0.05) is 27.6 Å². The number of benzene rings is 1. The van der Waals surface area contributed by atoms with Gasteiger partial charge in [-0.2, -0.15) is 0 Å². The number of esters is 2. The molecule has 1 aromatic carbocycles. The second-order valence-corrected chi connectivity index (χ2v) is 10.3. The number of amides is 1. The average Bonchev–Trinajstić information content (AvgIpc) is 2.80. The molecule has 0 fully saturated rings. The van der Waals surface area contributed by atoms with E-state index in [2.05, 4.69) is 15.3 Å². The van der Waals surface area contributed by atoms with E-state index in [9.17, 15) is 18.9 Å². The summed E-state index contributed by atoms with van der Waals surface area (Å²) in [5, 5.41) is 2.76. The van der Waals surface area contributed by atoms with Gasteiger partial charge in [0.15, 0.2) is 0 Å². The SMILES string of the molecule is CCOC(=O)C(Cc1nc2cc(Cl)c(Cl)cc2nc1CP(=O)(OC)OC)(NC(C)=O)C(=O)OCC. The standard InChI is InChI=1S/C21H26Cl2N3O8P/c1-6-33-19(28)21(26-12(3)27,20(29)34-7-2)10-17-18(11-35(30,31-4)32-5)25-16-9-14(23)13(22)8-15(16)24-17/h8-9H,6-7,10-11H2,1-5H3,(H,26,27). The Morgan fingerprint density at radius 1 is 0.943 bits per heavy atom. The van der Waals surface area contributed by atoms with Crippen molar-refractivity contribution in [1.29, 1.82) is 0 Å². The lowest BCUT2D eigenvalue weighted by molar-refractivity contribution is -0.168. The number of aromatic nitrogens is 2. The lowest BCUT2D eigenvalue weighted by atomic mass is 9.91. The molecule has 0 bridgehead atoms. The maximum atomic E-state index is 13.1. The minimum atomic E-state index is -3.68. The van der Waals surface area contributed by atoms with Gasteiger partial charge in [-0.3, -0.25) is 9.36 Å². The first-order chi connectivity index (χ1) is 16.4. The molecule has 35 heavy (non-hydrogen) atoms. The van der Waals surface area contributed by atoms with E-state index in [1.165, 1.54) is 26.4 Å². The molecule has 1 N–H and O–H groups in total. The highest BCUT2D eigenvalue weighted by Gasteiger charge is 2.51. The summed E-state index contributed by atoms with van der Waals surface area (Å²) in [6, 6.07) is 2.91. The smallest absolute Gasteiger partial charge is 0.344 e. The van der Waals surface area contributed by atoms with Gasteiger partial charge < -0.3 is 23.8 Å². The van der Waals surface area contributed by atoms with Crippen LogP contribution in [0.3, 0.4) is 0 Å². The zero-order valence-corrected chi connectivity index (χ0v) is 22.3. The van der Waals surface area contributed by atoms with Gasteiger partial charge in [-0.25, -0.2) is 19.6 Å². The molecular weight excluding hydrogens is 524 g/mol. The van der Waals surface area contributed by atoms with Crippen molar-refractivity contribution >= 4 is 59.7 Å². The number of nitrogens with zero attached hydrogens (tertiary/aromatic N) is 2. The highest BCUT2D eigenvalue weighted by molar-refractivity contribution is 7.52. The Kier molecular flexibility index (Phi) is 10.00. The van der Waals surface area contributed by atoms with Crippen LogP contribution >= 0.6 is 30.8 Å². The van der Waals surface area contributed by atoms with E-state index in [1.54, 1.807) is 13.8 Å². The normalized spacial score (nSPS) is 11.9. The topological polar surface area (TPSA) is 143 Å². The van der Waals surface area contributed by atoms with E-state index < -0.39 is 37.4 Å². The van der Waals surface area contributed by atoms with Crippen LogP contribution in [0.25, 0.3) is 11.0 Å². The number of carbonyl (C=O) groups excluding carboxylic acids is 3. The van der Waals surface area contributed by atoms with Crippen molar-refractivity contribution in [3.8, 4) is 0 Å². The van der Waals surface area contributed by atoms with Crippen LogP contribution in [0.5, 0.6) is 0 Å². The fourth-order valence-corrected chi connectivity index (χ4v) is 4.56. The fourth-order valence-electron chi connectivity index (χ4n) is 3.21. The van der Waals surface area contributed by atoms with Gasteiger partial charge in [0.1, 0.15) is 0 Å². The highest BCUT2D eigenvalue weighted by Crippen LogP contribution is 2.50. The van der Waals surface area contributed by atoms with Crippen LogP contribution in [-0.2, 0) is 50.1 Å². The Morgan fingerprint density at radius 2 is 1.40 bits per heavy atom. The van der Waals surface area contributed by atoms with Crippen molar-refractivity contribution in [3.63, 3.8) is 0 Å². The molecule has 0 saturated carbocycles. The summed E-state index contributed by atoms with van der Waals surface area (Å²) in [5.74, 6) is -2.81. The molecule has 0 atom stereocenters. The molecule has 0 unspecified atom stereocenters. The van der Waals surface area contributed by atoms with Gasteiger partial charge in [-0.1, -0.05) is 23.2 Å². The van der Waals surface area contributed by atoms with E-state index in [0.717, 1.165) is 6.92 Å². The lowest BCUT2D eigenvalue weighted by Crippen LogP contribution is -2.62. The van der Waals surface area contributed by atoms with E-state index in [0.29, 0.717) is 5.52 Å². The number of carbonyl (C=O) groups is 3. The maximum absolute atomic E-state index is 13.1. The van der Waals surface area contributed by atoms with Crippen molar-refractivity contribution in [2.75, 3.05) is 27.4 Å². The summed E-state index contributed by atoms with van der Waals surface area (Å²) in [5.41, 5.74) is -1.62. The molecule has 0 spiro atoms. The molecule has 0 aliphatic rings. The monoisotopic (exact) mass is 549 g/mol. The summed E-state index contributed by atoms with van der Waals surface area (Å²) in [6.45, 7) is 4.06. The lowest BCUT2D eigenvalue weighted by Gasteiger charge is -2.30. The molecule has 2 aromatic rings. The van der Waals surface area contributed by atoms with E-state index in [-0.39, 0.29) is 46.3 Å². The first-order valence-corrected chi connectivity index (χ1v) is 12.9. The van der Waals surface area contributed by atoms with E-state index in [1.807, 2.05) is 0 Å². The second kappa shape index (κ2) is 12.1. The van der Waals surface area contributed by atoms with Crippen LogP contribution in [0.1, 0.15) is 32.2 Å². The largest absolute Gasteiger partial charge is 0.464 e. The third-order valence-corrected chi connectivity index (χ3v) is 7.35. The number of hydrogen-bond donors (Lipinski definition) is 1. The average molecular weight is 550 g/mol. The molecule has 1 amide bonds. The van der Waals surface area contributed by atoms with Crippen LogP contribution in [0, 0.1) is 0 Å². The first-order valence-electron chi connectivity index (χ1n) is 10.4. The number of fused-ring (bicyclic) bond motifs is 1. The molecule has 0 aliphatic carbocycles. The van der Waals surface area contributed by atoms with Gasteiger partial charge in [0.05, 0.1) is 51.8 Å². The van der Waals surface area contributed by atoms with E-state index in [4.69, 9.17) is 41.7 Å². The van der Waals surface area contributed by atoms with Gasteiger partial charge in [-0.05, 0) is 26.0 Å². The summed E-state index contributed by atoms with van der Waals surface area (Å²) in [6.07, 6.45) is -0.892. The molecule has 2 rings (SSSR count). The van der Waals surface area contributed by atoms with Crippen molar-refractivity contribution in [2.45, 2.75) is 38.9 Å². The van der Waals surface area contributed by atoms with Crippen molar-refractivity contribution in [1.82, 2.24) is 15.3 Å². The van der Waals surface area contributed by atoms with Crippen LogP contribution < -0.4 is 5.32 Å². The molecule has 192 valence electrons. The van der Waals surface area contributed by atoms with Crippen LogP contribution in [0.2, 0.25) is 10.0 Å². The fraction of sp³-hybridized carbons (Fsp3) is 0.476. The molecule has 14 heteroatoms. The summed E-state index contributed by atoms with van der Waals surface area (Å²) in [7, 11) is -1.27. The number of ether oxygens (including phenoxy) is 2. The third kappa shape index (κ3) is 6.68. The second-order valence-electron chi connectivity index (χ2n) is 7.21. The van der Waals surface area contributed by atoms with E-state index >= 15 is 0 Å². The summed E-state index contributed by atoms with van der Waals surface area (Å²) in [4.78, 5) is 47.2. The zero-order valence-electron chi connectivity index (χ0n) is 19.8. The van der Waals surface area contributed by atoms with Crippen molar-refractivity contribution < 1.29 is 37.5 Å². The first kappa shape index (κ1) is 28.9. The Hall–Kier alpha value is -2.30. The number of nitrogens with one attached hydrogen (secondary N) is 1. The molecular formula is C21H26Cl2N3O8P. The van der Waals surface area contributed by atoms with Crippen molar-refractivity contribution in [2.24, 2.45) is 0 Å². The molecule has 0 saturated heterocycles. The quantitative estimate of drug-likeness (QED) is 0.251. The Morgan fingerprint density at radius 3 is 1.80 bits per heavy atom. The maximum Gasteiger partial charge on any atom is 0.344 e. The van der Waals surface area contributed by atoms with Gasteiger partial charge in [0.25, 0.3) is 0 Å². The number of halogens is 2. The predicted octanol–water partition coefficient (Wildman–Crippen LogP) is 3.47. The minimum absolute atomic E-state index is 0.0278. The summed E-state index contributed by atoms with van der Waals surface area (Å²) >= 11 is 12.2. The predicted molar refractivity (Wildman–Crippen MR) is 128 cm³/mol. The van der Waals surface area contributed by atoms with Crippen molar-refractivity contribution in [3.05, 3.63) is 33.6 Å². The highest BCUT2D eigenvalue weighted by atomic mass is 35.5. The van der Waals surface area contributed by atoms with Crippen LogP contribution in [0.4, 0.5) is 0 Å². The molecule has 11 nitrogen and oxygen atoms in total. The van der Waals surface area contributed by atoms with Gasteiger partial charge >= 0.3 is 19.5 Å². The molecule has 0 radical (unpaired) electrons. The minimum Gasteiger partial charge on any atom is -0.464 e. The Labute approximate surface area is 212 Å². The number of rotatable bonds is 11. The number of hydrogen-bond acceptors (Lipinski definition) is 10. The Balaban J connectivity index is 2.82. The van der Waals surface area contributed by atoms with Crippen LogP contribution in [-0.4, -0.2) is 60.8 Å².